The van der Waals surface area contributed by atoms with E-state index in [-0.39, 0.29) is 5.91 Å². The van der Waals surface area contributed by atoms with Crippen molar-refractivity contribution in [2.24, 2.45) is 5.73 Å². The third-order valence-corrected chi connectivity index (χ3v) is 2.36. The summed E-state index contributed by atoms with van der Waals surface area (Å²) in [6, 6.07) is 0. The summed E-state index contributed by atoms with van der Waals surface area (Å²) in [7, 11) is 0. The summed E-state index contributed by atoms with van der Waals surface area (Å²) in [5.74, 6) is 0.203. The summed E-state index contributed by atoms with van der Waals surface area (Å²) >= 11 is 0. The molecule has 1 rings (SSSR count). The number of imide groups is 1. The van der Waals surface area contributed by atoms with Gasteiger partial charge in [0.2, 0.25) is 6.41 Å². The van der Waals surface area contributed by atoms with Crippen molar-refractivity contribution in [1.29, 1.82) is 0 Å². The minimum atomic E-state index is -0.327. The van der Waals surface area contributed by atoms with E-state index >= 15 is 0 Å². The van der Waals surface area contributed by atoms with E-state index in [1.807, 2.05) is 0 Å². The van der Waals surface area contributed by atoms with Crippen LogP contribution in [0.5, 0.6) is 0 Å². The van der Waals surface area contributed by atoms with Gasteiger partial charge >= 0.3 is 0 Å². The fraction of sp³-hybridized carbons (Fsp3) is 0.455. The van der Waals surface area contributed by atoms with Crippen LogP contribution in [0.25, 0.3) is 0 Å². The third kappa shape index (κ3) is 2.49. The molecule has 2 N–H and O–H groups in total. The molecule has 16 heavy (non-hydrogen) atoms. The first-order chi connectivity index (χ1) is 7.61. The molecule has 88 valence electrons. The summed E-state index contributed by atoms with van der Waals surface area (Å²) in [6.45, 7) is 4.26. The topological polar surface area (TPSA) is 76.5 Å². The predicted molar refractivity (Wildman–Crippen MR) is 59.0 cm³/mol. The zero-order valence-corrected chi connectivity index (χ0v) is 9.53. The van der Waals surface area contributed by atoms with E-state index in [4.69, 9.17) is 10.2 Å². The van der Waals surface area contributed by atoms with Gasteiger partial charge in [-0.25, -0.2) is 0 Å². The van der Waals surface area contributed by atoms with Crippen LogP contribution in [0.15, 0.2) is 10.7 Å². The number of rotatable bonds is 5. The molecule has 0 saturated carbocycles. The SMILES string of the molecule is Cc1coc(C)c1C(=O)N(C=O)CCCN. The quantitative estimate of drug-likeness (QED) is 0.752. The molecule has 0 aliphatic carbocycles. The fourth-order valence-corrected chi connectivity index (χ4v) is 1.50. The molecule has 0 atom stereocenters. The van der Waals surface area contributed by atoms with Crippen molar-refractivity contribution in [3.8, 4) is 0 Å². The average Bonchev–Trinajstić information content (AvgIpc) is 2.59. The molecule has 5 nitrogen and oxygen atoms in total. The van der Waals surface area contributed by atoms with Crippen LogP contribution in [0.4, 0.5) is 0 Å². The molecule has 0 saturated heterocycles. The highest BCUT2D eigenvalue weighted by Gasteiger charge is 2.21. The van der Waals surface area contributed by atoms with Gasteiger partial charge in [0.15, 0.2) is 0 Å². The molecule has 1 aromatic heterocycles. The standard InChI is InChI=1S/C11H16N2O3/c1-8-6-16-9(2)10(8)11(15)13(7-14)5-3-4-12/h6-7H,3-5,12H2,1-2H3. The normalized spacial score (nSPS) is 10.2. The largest absolute Gasteiger partial charge is 0.469 e. The Morgan fingerprint density at radius 1 is 1.56 bits per heavy atom. The molecule has 0 bridgehead atoms. The van der Waals surface area contributed by atoms with Crippen molar-refractivity contribution in [2.45, 2.75) is 20.3 Å². The fourth-order valence-electron chi connectivity index (χ4n) is 1.50. The summed E-state index contributed by atoms with van der Waals surface area (Å²) in [6.07, 6.45) is 2.64. The number of hydrogen-bond donors (Lipinski definition) is 1. The molecule has 0 fully saturated rings. The van der Waals surface area contributed by atoms with E-state index in [0.29, 0.717) is 37.2 Å². The number of nitrogens with two attached hydrogens (primary N) is 1. The zero-order valence-electron chi connectivity index (χ0n) is 9.53. The van der Waals surface area contributed by atoms with Gasteiger partial charge in [-0.15, -0.1) is 0 Å². The number of hydrogen-bond acceptors (Lipinski definition) is 4. The smallest absolute Gasteiger partial charge is 0.264 e. The lowest BCUT2D eigenvalue weighted by Crippen LogP contribution is -2.32. The average molecular weight is 224 g/mol. The second-order valence-corrected chi connectivity index (χ2v) is 3.60. The van der Waals surface area contributed by atoms with Crippen molar-refractivity contribution in [3.63, 3.8) is 0 Å². The van der Waals surface area contributed by atoms with Crippen molar-refractivity contribution in [3.05, 3.63) is 23.2 Å². The minimum Gasteiger partial charge on any atom is -0.469 e. The van der Waals surface area contributed by atoms with Gasteiger partial charge in [0.1, 0.15) is 5.76 Å². The molecule has 0 unspecified atom stereocenters. The van der Waals surface area contributed by atoms with Gasteiger partial charge < -0.3 is 10.2 Å². The monoisotopic (exact) mass is 224 g/mol. The van der Waals surface area contributed by atoms with Gasteiger partial charge in [-0.05, 0) is 26.8 Å². The maximum atomic E-state index is 12.0. The van der Waals surface area contributed by atoms with E-state index in [2.05, 4.69) is 0 Å². The lowest BCUT2D eigenvalue weighted by Gasteiger charge is -2.14. The zero-order chi connectivity index (χ0) is 12.1. The molecular formula is C11H16N2O3. The van der Waals surface area contributed by atoms with Gasteiger partial charge in [0.05, 0.1) is 11.8 Å². The van der Waals surface area contributed by atoms with E-state index in [1.54, 1.807) is 13.8 Å². The minimum absolute atomic E-state index is 0.327. The highest BCUT2D eigenvalue weighted by Crippen LogP contribution is 2.17. The van der Waals surface area contributed by atoms with E-state index < -0.39 is 0 Å². The van der Waals surface area contributed by atoms with Gasteiger partial charge in [-0.3, -0.25) is 14.5 Å². The Labute approximate surface area is 94.2 Å². The molecule has 0 aromatic carbocycles. The first kappa shape index (κ1) is 12.4. The van der Waals surface area contributed by atoms with E-state index in [0.717, 1.165) is 10.5 Å². The number of furan rings is 1. The molecule has 0 spiro atoms. The Hall–Kier alpha value is -1.62. The Morgan fingerprint density at radius 2 is 2.25 bits per heavy atom. The van der Waals surface area contributed by atoms with Gasteiger partial charge in [0.25, 0.3) is 5.91 Å². The lowest BCUT2D eigenvalue weighted by atomic mass is 10.1. The number of aryl methyl sites for hydroxylation is 2. The van der Waals surface area contributed by atoms with Gasteiger partial charge in [0, 0.05) is 12.1 Å². The summed E-state index contributed by atoms with van der Waals surface area (Å²) in [4.78, 5) is 23.9. The number of amides is 2. The van der Waals surface area contributed by atoms with Crippen LogP contribution in [-0.4, -0.2) is 30.3 Å². The summed E-state index contributed by atoms with van der Waals surface area (Å²) in [5, 5.41) is 0. The summed E-state index contributed by atoms with van der Waals surface area (Å²) < 4.78 is 5.13. The van der Waals surface area contributed by atoms with Gasteiger partial charge in [-0.2, -0.15) is 0 Å². The Bertz CT molecular complexity index is 365. The third-order valence-electron chi connectivity index (χ3n) is 2.36. The molecule has 1 aromatic rings. The molecule has 2 amide bonds. The highest BCUT2D eigenvalue weighted by atomic mass is 16.3. The summed E-state index contributed by atoms with van der Waals surface area (Å²) in [5.41, 5.74) is 6.54. The van der Waals surface area contributed by atoms with Crippen LogP contribution in [0.2, 0.25) is 0 Å². The van der Waals surface area contributed by atoms with Crippen LogP contribution in [0, 0.1) is 13.8 Å². The van der Waals surface area contributed by atoms with E-state index in [1.165, 1.54) is 6.26 Å². The van der Waals surface area contributed by atoms with Crippen molar-refractivity contribution in [2.75, 3.05) is 13.1 Å². The van der Waals surface area contributed by atoms with Crippen molar-refractivity contribution >= 4 is 12.3 Å². The van der Waals surface area contributed by atoms with Crippen LogP contribution in [-0.2, 0) is 4.79 Å². The van der Waals surface area contributed by atoms with Gasteiger partial charge in [-0.1, -0.05) is 0 Å². The van der Waals surface area contributed by atoms with Crippen molar-refractivity contribution in [1.82, 2.24) is 4.90 Å². The Balaban J connectivity index is 2.87. The molecule has 5 heteroatoms. The van der Waals surface area contributed by atoms with Crippen molar-refractivity contribution < 1.29 is 14.0 Å². The molecule has 1 heterocycles. The maximum Gasteiger partial charge on any atom is 0.264 e. The Kier molecular flexibility index (Phi) is 4.25. The number of nitrogens with zero attached hydrogens (tertiary/aromatic N) is 1. The molecule has 0 aliphatic rings. The van der Waals surface area contributed by atoms with E-state index in [9.17, 15) is 9.59 Å². The molecule has 0 radical (unpaired) electrons. The van der Waals surface area contributed by atoms with Crippen LogP contribution in [0.1, 0.15) is 28.1 Å². The molecule has 0 aliphatic heterocycles. The van der Waals surface area contributed by atoms with Crippen LogP contribution in [0.3, 0.4) is 0 Å². The first-order valence-corrected chi connectivity index (χ1v) is 5.12. The highest BCUT2D eigenvalue weighted by molar-refractivity contribution is 6.01. The lowest BCUT2D eigenvalue weighted by molar-refractivity contribution is -0.116. The first-order valence-electron chi connectivity index (χ1n) is 5.12. The second kappa shape index (κ2) is 5.46. The molecular weight excluding hydrogens is 208 g/mol. The van der Waals surface area contributed by atoms with Crippen LogP contribution < -0.4 is 5.73 Å². The second-order valence-electron chi connectivity index (χ2n) is 3.60. The Morgan fingerprint density at radius 3 is 2.69 bits per heavy atom. The number of carbonyl (C=O) groups excluding carboxylic acids is 2. The number of carbonyl (C=O) groups is 2. The van der Waals surface area contributed by atoms with Crippen LogP contribution >= 0.6 is 0 Å². The predicted octanol–water partition coefficient (Wildman–Crippen LogP) is 0.844. The maximum absolute atomic E-state index is 12.0.